The standard InChI is InChI=1S/C9H11NO2/c1-10-7-12-9-5-3-8(11-2)4-6-9/h3-7H,1-2H3. The van der Waals surface area contributed by atoms with Crippen molar-refractivity contribution in [1.82, 2.24) is 0 Å². The van der Waals surface area contributed by atoms with Gasteiger partial charge in [-0.3, -0.25) is 4.99 Å². The molecule has 0 N–H and O–H groups in total. The minimum atomic E-state index is 0.751. The summed E-state index contributed by atoms with van der Waals surface area (Å²) < 4.78 is 10.1. The van der Waals surface area contributed by atoms with Gasteiger partial charge in [-0.15, -0.1) is 0 Å². The van der Waals surface area contributed by atoms with Gasteiger partial charge in [0.25, 0.3) is 0 Å². The molecule has 1 aromatic carbocycles. The molecule has 3 heteroatoms. The van der Waals surface area contributed by atoms with E-state index in [0.29, 0.717) is 0 Å². The number of hydrogen-bond acceptors (Lipinski definition) is 3. The second-order valence-electron chi connectivity index (χ2n) is 2.16. The highest BCUT2D eigenvalue weighted by Gasteiger charge is 1.91. The van der Waals surface area contributed by atoms with Gasteiger partial charge in [0.15, 0.2) is 6.40 Å². The predicted molar refractivity (Wildman–Crippen MR) is 48.0 cm³/mol. The molecule has 0 aliphatic rings. The zero-order chi connectivity index (χ0) is 8.81. The number of ether oxygens (including phenoxy) is 2. The van der Waals surface area contributed by atoms with E-state index in [0.717, 1.165) is 11.5 Å². The molecule has 0 radical (unpaired) electrons. The van der Waals surface area contributed by atoms with Crippen molar-refractivity contribution >= 4 is 6.40 Å². The minimum Gasteiger partial charge on any atom is -0.497 e. The number of hydrogen-bond donors (Lipinski definition) is 0. The lowest BCUT2D eigenvalue weighted by molar-refractivity contribution is 0.414. The summed E-state index contributed by atoms with van der Waals surface area (Å²) in [4.78, 5) is 3.70. The Kier molecular flexibility index (Phi) is 3.14. The predicted octanol–water partition coefficient (Wildman–Crippen LogP) is 1.73. The maximum atomic E-state index is 5.11. The van der Waals surface area contributed by atoms with E-state index in [4.69, 9.17) is 9.47 Å². The van der Waals surface area contributed by atoms with Crippen LogP contribution in [0.1, 0.15) is 0 Å². The van der Waals surface area contributed by atoms with Crippen molar-refractivity contribution in [3.8, 4) is 11.5 Å². The lowest BCUT2D eigenvalue weighted by Crippen LogP contribution is -1.89. The molecule has 12 heavy (non-hydrogen) atoms. The van der Waals surface area contributed by atoms with E-state index < -0.39 is 0 Å². The number of nitrogens with zero attached hydrogens (tertiary/aromatic N) is 1. The third kappa shape index (κ3) is 2.27. The highest BCUT2D eigenvalue weighted by molar-refractivity contribution is 5.51. The number of rotatable bonds is 3. The van der Waals surface area contributed by atoms with Gasteiger partial charge in [0, 0.05) is 7.05 Å². The molecular weight excluding hydrogens is 154 g/mol. The molecule has 0 bridgehead atoms. The Balaban J connectivity index is 2.64. The fourth-order valence-corrected chi connectivity index (χ4v) is 0.768. The van der Waals surface area contributed by atoms with Crippen molar-refractivity contribution in [1.29, 1.82) is 0 Å². The first kappa shape index (κ1) is 8.59. The summed E-state index contributed by atoms with van der Waals surface area (Å²) in [5.74, 6) is 1.57. The van der Waals surface area contributed by atoms with Crippen molar-refractivity contribution in [2.75, 3.05) is 14.2 Å². The van der Waals surface area contributed by atoms with Gasteiger partial charge >= 0.3 is 0 Å². The molecule has 0 saturated carbocycles. The molecule has 0 heterocycles. The Labute approximate surface area is 71.6 Å². The summed E-state index contributed by atoms with van der Waals surface area (Å²) in [6.07, 6.45) is 1.39. The highest BCUT2D eigenvalue weighted by Crippen LogP contribution is 2.16. The van der Waals surface area contributed by atoms with Gasteiger partial charge < -0.3 is 9.47 Å². The molecule has 1 rings (SSSR count). The van der Waals surface area contributed by atoms with E-state index in [1.54, 1.807) is 14.2 Å². The fraction of sp³-hybridized carbons (Fsp3) is 0.222. The van der Waals surface area contributed by atoms with Crippen molar-refractivity contribution in [2.24, 2.45) is 4.99 Å². The number of aliphatic imine (C=N–C) groups is 1. The molecule has 0 aliphatic heterocycles. The minimum absolute atomic E-state index is 0.751. The highest BCUT2D eigenvalue weighted by atomic mass is 16.5. The molecule has 0 atom stereocenters. The zero-order valence-electron chi connectivity index (χ0n) is 7.15. The van der Waals surface area contributed by atoms with Crippen LogP contribution in [0.25, 0.3) is 0 Å². The molecule has 1 aromatic rings. The summed E-state index contributed by atoms with van der Waals surface area (Å²) in [6, 6.07) is 7.30. The van der Waals surface area contributed by atoms with E-state index in [2.05, 4.69) is 4.99 Å². The molecular formula is C9H11NO2. The lowest BCUT2D eigenvalue weighted by Gasteiger charge is -2.00. The summed E-state index contributed by atoms with van der Waals surface area (Å²) >= 11 is 0. The first-order valence-electron chi connectivity index (χ1n) is 3.58. The van der Waals surface area contributed by atoms with Gasteiger partial charge in [-0.2, -0.15) is 0 Å². The first-order chi connectivity index (χ1) is 5.86. The number of benzene rings is 1. The van der Waals surface area contributed by atoms with E-state index >= 15 is 0 Å². The quantitative estimate of drug-likeness (QED) is 0.504. The average Bonchev–Trinajstić information content (AvgIpc) is 2.15. The summed E-state index contributed by atoms with van der Waals surface area (Å²) in [5, 5.41) is 0. The Hall–Kier alpha value is -1.51. The van der Waals surface area contributed by atoms with Crippen LogP contribution in [0, 0.1) is 0 Å². The molecule has 0 aromatic heterocycles. The first-order valence-corrected chi connectivity index (χ1v) is 3.58. The van der Waals surface area contributed by atoms with Gasteiger partial charge in [0.1, 0.15) is 11.5 Å². The van der Waals surface area contributed by atoms with E-state index in [1.807, 2.05) is 24.3 Å². The van der Waals surface area contributed by atoms with Crippen molar-refractivity contribution in [2.45, 2.75) is 0 Å². The van der Waals surface area contributed by atoms with Crippen LogP contribution in [0.2, 0.25) is 0 Å². The summed E-state index contributed by atoms with van der Waals surface area (Å²) in [5.41, 5.74) is 0. The van der Waals surface area contributed by atoms with Gasteiger partial charge in [-0.1, -0.05) is 0 Å². The maximum absolute atomic E-state index is 5.11. The van der Waals surface area contributed by atoms with Gasteiger partial charge in [0.05, 0.1) is 7.11 Å². The monoisotopic (exact) mass is 165 g/mol. The van der Waals surface area contributed by atoms with Crippen LogP contribution in [-0.2, 0) is 0 Å². The topological polar surface area (TPSA) is 30.8 Å². The lowest BCUT2D eigenvalue weighted by atomic mass is 10.3. The molecule has 0 aliphatic carbocycles. The Morgan fingerprint density at radius 1 is 1.17 bits per heavy atom. The molecule has 0 unspecified atom stereocenters. The van der Waals surface area contributed by atoms with Crippen molar-refractivity contribution in [3.05, 3.63) is 24.3 Å². The third-order valence-electron chi connectivity index (χ3n) is 1.35. The Morgan fingerprint density at radius 2 is 1.75 bits per heavy atom. The SMILES string of the molecule is CN=COc1ccc(OC)cc1. The summed E-state index contributed by atoms with van der Waals surface area (Å²) in [7, 11) is 3.28. The van der Waals surface area contributed by atoms with Gasteiger partial charge in [0.2, 0.25) is 0 Å². The van der Waals surface area contributed by atoms with Crippen LogP contribution >= 0.6 is 0 Å². The summed E-state index contributed by atoms with van der Waals surface area (Å²) in [6.45, 7) is 0. The van der Waals surface area contributed by atoms with E-state index in [1.165, 1.54) is 6.40 Å². The zero-order valence-corrected chi connectivity index (χ0v) is 7.15. The second-order valence-corrected chi connectivity index (χ2v) is 2.16. The van der Waals surface area contributed by atoms with E-state index in [9.17, 15) is 0 Å². The average molecular weight is 165 g/mol. The van der Waals surface area contributed by atoms with Crippen molar-refractivity contribution < 1.29 is 9.47 Å². The number of methoxy groups -OCH3 is 1. The largest absolute Gasteiger partial charge is 0.497 e. The van der Waals surface area contributed by atoms with Crippen LogP contribution in [0.4, 0.5) is 0 Å². The molecule has 0 fully saturated rings. The Morgan fingerprint density at radius 3 is 2.25 bits per heavy atom. The second kappa shape index (κ2) is 4.38. The van der Waals surface area contributed by atoms with Gasteiger partial charge in [-0.25, -0.2) is 0 Å². The smallest absolute Gasteiger partial charge is 0.176 e. The van der Waals surface area contributed by atoms with Crippen LogP contribution in [0.3, 0.4) is 0 Å². The van der Waals surface area contributed by atoms with Gasteiger partial charge in [-0.05, 0) is 24.3 Å². The van der Waals surface area contributed by atoms with Crippen LogP contribution in [-0.4, -0.2) is 20.6 Å². The van der Waals surface area contributed by atoms with Crippen LogP contribution in [0.15, 0.2) is 29.3 Å². The normalized spacial score (nSPS) is 10.2. The molecule has 64 valence electrons. The molecule has 3 nitrogen and oxygen atoms in total. The Bertz CT molecular complexity index is 254. The van der Waals surface area contributed by atoms with Crippen LogP contribution in [0.5, 0.6) is 11.5 Å². The maximum Gasteiger partial charge on any atom is 0.176 e. The van der Waals surface area contributed by atoms with Crippen molar-refractivity contribution in [3.63, 3.8) is 0 Å². The van der Waals surface area contributed by atoms with E-state index in [-0.39, 0.29) is 0 Å². The van der Waals surface area contributed by atoms with Crippen LogP contribution < -0.4 is 9.47 Å². The molecule has 0 amide bonds. The third-order valence-corrected chi connectivity index (χ3v) is 1.35. The molecule has 0 spiro atoms. The molecule has 0 saturated heterocycles. The fourth-order valence-electron chi connectivity index (χ4n) is 0.768.